The Morgan fingerprint density at radius 3 is 2.80 bits per heavy atom. The van der Waals surface area contributed by atoms with Crippen LogP contribution >= 0.6 is 12.6 Å². The first-order chi connectivity index (χ1) is 4.79. The van der Waals surface area contributed by atoms with Gasteiger partial charge in [0, 0.05) is 4.75 Å². The zero-order valence-corrected chi connectivity index (χ0v) is 6.77. The van der Waals surface area contributed by atoms with E-state index in [1.54, 1.807) is 0 Å². The minimum atomic E-state index is 0.304. The normalized spacial score (nSPS) is 36.3. The number of thiol groups is 1. The number of rotatable bonds is 2. The predicted molar refractivity (Wildman–Crippen MR) is 41.3 cm³/mol. The van der Waals surface area contributed by atoms with Gasteiger partial charge < -0.3 is 9.47 Å². The Hall–Kier alpha value is 0.270. The van der Waals surface area contributed by atoms with Gasteiger partial charge in [-0.25, -0.2) is 0 Å². The summed E-state index contributed by atoms with van der Waals surface area (Å²) in [6.07, 6.45) is 3.88. The van der Waals surface area contributed by atoms with Crippen LogP contribution in [-0.4, -0.2) is 24.3 Å². The summed E-state index contributed by atoms with van der Waals surface area (Å²) in [5.74, 6) is 0. The lowest BCUT2D eigenvalue weighted by Crippen LogP contribution is -2.16. The highest BCUT2D eigenvalue weighted by Crippen LogP contribution is 2.46. The quantitative estimate of drug-likeness (QED) is 0.612. The van der Waals surface area contributed by atoms with E-state index in [4.69, 9.17) is 9.47 Å². The second-order valence-electron chi connectivity index (χ2n) is 3.21. The van der Waals surface area contributed by atoms with E-state index in [2.05, 4.69) is 12.6 Å². The lowest BCUT2D eigenvalue weighted by atomic mass is 10.2. The van der Waals surface area contributed by atoms with Gasteiger partial charge in [-0.05, 0) is 19.3 Å². The Bertz CT molecular complexity index is 128. The second kappa shape index (κ2) is 2.40. The van der Waals surface area contributed by atoms with Gasteiger partial charge in [0.1, 0.15) is 6.79 Å². The minimum absolute atomic E-state index is 0.304. The van der Waals surface area contributed by atoms with E-state index >= 15 is 0 Å². The van der Waals surface area contributed by atoms with Crippen molar-refractivity contribution in [2.24, 2.45) is 0 Å². The van der Waals surface area contributed by atoms with Gasteiger partial charge in [-0.15, -0.1) is 0 Å². The van der Waals surface area contributed by atoms with Crippen LogP contribution < -0.4 is 0 Å². The van der Waals surface area contributed by atoms with Crippen LogP contribution in [0.5, 0.6) is 0 Å². The van der Waals surface area contributed by atoms with Crippen LogP contribution in [0, 0.1) is 0 Å². The van der Waals surface area contributed by atoms with Gasteiger partial charge in [-0.2, -0.15) is 12.6 Å². The molecule has 10 heavy (non-hydrogen) atoms. The van der Waals surface area contributed by atoms with Crippen molar-refractivity contribution in [2.75, 3.05) is 13.4 Å². The Kier molecular flexibility index (Phi) is 1.66. The smallest absolute Gasteiger partial charge is 0.147 e. The maximum absolute atomic E-state index is 5.30. The fourth-order valence-electron chi connectivity index (χ4n) is 1.26. The lowest BCUT2D eigenvalue weighted by Gasteiger charge is -2.11. The lowest BCUT2D eigenvalue weighted by molar-refractivity contribution is 0.0442. The summed E-state index contributed by atoms with van der Waals surface area (Å²) >= 11 is 4.51. The summed E-state index contributed by atoms with van der Waals surface area (Å²) in [6.45, 7) is 1.25. The van der Waals surface area contributed by atoms with Crippen molar-refractivity contribution in [3.8, 4) is 0 Å². The highest BCUT2D eigenvalue weighted by molar-refractivity contribution is 7.82. The standard InChI is InChI=1S/C7H12O2S/c10-7(1-2-7)3-6-4-8-5-9-6/h6,10H,1-5H2/t6-/m0/s1. The van der Waals surface area contributed by atoms with Crippen molar-refractivity contribution in [2.45, 2.75) is 30.1 Å². The van der Waals surface area contributed by atoms with E-state index in [9.17, 15) is 0 Å². The molecular formula is C7H12O2S. The van der Waals surface area contributed by atoms with Crippen LogP contribution in [0.1, 0.15) is 19.3 Å². The van der Waals surface area contributed by atoms with E-state index in [0.29, 0.717) is 17.6 Å². The van der Waals surface area contributed by atoms with Crippen molar-refractivity contribution in [1.82, 2.24) is 0 Å². The van der Waals surface area contributed by atoms with Crippen molar-refractivity contribution in [3.05, 3.63) is 0 Å². The average molecular weight is 160 g/mol. The van der Waals surface area contributed by atoms with Gasteiger partial charge in [0.25, 0.3) is 0 Å². The summed E-state index contributed by atoms with van der Waals surface area (Å²) in [7, 11) is 0. The molecule has 1 saturated carbocycles. The largest absolute Gasteiger partial charge is 0.353 e. The third kappa shape index (κ3) is 1.47. The fraction of sp³-hybridized carbons (Fsp3) is 1.00. The third-order valence-electron chi connectivity index (χ3n) is 2.13. The molecule has 2 rings (SSSR count). The molecule has 0 N–H and O–H groups in total. The molecule has 0 aromatic carbocycles. The van der Waals surface area contributed by atoms with Crippen molar-refractivity contribution < 1.29 is 9.47 Å². The number of hydrogen-bond acceptors (Lipinski definition) is 3. The topological polar surface area (TPSA) is 18.5 Å². The fourth-order valence-corrected chi connectivity index (χ4v) is 1.58. The first-order valence-electron chi connectivity index (χ1n) is 3.70. The Balaban J connectivity index is 1.78. The molecule has 0 spiro atoms. The summed E-state index contributed by atoms with van der Waals surface area (Å²) in [6, 6.07) is 0. The maximum atomic E-state index is 5.30. The molecule has 2 fully saturated rings. The number of hydrogen-bond donors (Lipinski definition) is 1. The molecule has 1 aliphatic heterocycles. The van der Waals surface area contributed by atoms with Crippen molar-refractivity contribution in [1.29, 1.82) is 0 Å². The summed E-state index contributed by atoms with van der Waals surface area (Å²) < 4.78 is 10.7. The molecule has 0 unspecified atom stereocenters. The molecule has 0 radical (unpaired) electrons. The summed E-state index contributed by atoms with van der Waals surface area (Å²) in [5, 5.41) is 0. The molecule has 1 saturated heterocycles. The molecule has 1 aliphatic carbocycles. The van der Waals surface area contributed by atoms with Crippen LogP contribution in [-0.2, 0) is 9.47 Å². The van der Waals surface area contributed by atoms with Crippen LogP contribution in [0.4, 0.5) is 0 Å². The van der Waals surface area contributed by atoms with Gasteiger partial charge in [0.05, 0.1) is 12.7 Å². The molecule has 2 nitrogen and oxygen atoms in total. The van der Waals surface area contributed by atoms with Crippen LogP contribution in [0.15, 0.2) is 0 Å². The SMILES string of the molecule is SC1(C[C@H]2COCO2)CC1. The minimum Gasteiger partial charge on any atom is -0.353 e. The molecular weight excluding hydrogens is 148 g/mol. The molecule has 1 heterocycles. The Labute approximate surface area is 66.3 Å². The molecule has 0 amide bonds. The monoisotopic (exact) mass is 160 g/mol. The third-order valence-corrected chi connectivity index (χ3v) is 2.76. The molecule has 2 aliphatic rings. The van der Waals surface area contributed by atoms with Gasteiger partial charge in [0.15, 0.2) is 0 Å². The molecule has 3 heteroatoms. The van der Waals surface area contributed by atoms with Crippen molar-refractivity contribution >= 4 is 12.6 Å². The molecule has 0 bridgehead atoms. The van der Waals surface area contributed by atoms with E-state index in [0.717, 1.165) is 13.0 Å². The first kappa shape index (κ1) is 6.95. The van der Waals surface area contributed by atoms with E-state index in [1.165, 1.54) is 12.8 Å². The first-order valence-corrected chi connectivity index (χ1v) is 4.15. The van der Waals surface area contributed by atoms with Gasteiger partial charge in [-0.3, -0.25) is 0 Å². The summed E-state index contributed by atoms with van der Waals surface area (Å²) in [4.78, 5) is 0. The number of ether oxygens (including phenoxy) is 2. The van der Waals surface area contributed by atoms with Gasteiger partial charge in [0.2, 0.25) is 0 Å². The zero-order chi connectivity index (χ0) is 7.03. The maximum Gasteiger partial charge on any atom is 0.147 e. The second-order valence-corrected chi connectivity index (χ2v) is 4.15. The predicted octanol–water partition coefficient (Wildman–Crippen LogP) is 1.21. The Morgan fingerprint density at radius 1 is 1.50 bits per heavy atom. The van der Waals surface area contributed by atoms with Gasteiger partial charge >= 0.3 is 0 Å². The summed E-state index contributed by atoms with van der Waals surface area (Å²) in [5.41, 5.74) is 0. The Morgan fingerprint density at radius 2 is 2.30 bits per heavy atom. The van der Waals surface area contributed by atoms with Crippen LogP contribution in [0.25, 0.3) is 0 Å². The molecule has 1 atom stereocenters. The zero-order valence-electron chi connectivity index (χ0n) is 5.88. The molecule has 0 aromatic heterocycles. The molecule has 58 valence electrons. The van der Waals surface area contributed by atoms with Crippen LogP contribution in [0.2, 0.25) is 0 Å². The van der Waals surface area contributed by atoms with E-state index in [1.807, 2.05) is 0 Å². The average Bonchev–Trinajstić information content (AvgIpc) is 2.47. The van der Waals surface area contributed by atoms with E-state index < -0.39 is 0 Å². The van der Waals surface area contributed by atoms with E-state index in [-0.39, 0.29) is 0 Å². The molecule has 0 aromatic rings. The highest BCUT2D eigenvalue weighted by Gasteiger charge is 2.41. The van der Waals surface area contributed by atoms with Gasteiger partial charge in [-0.1, -0.05) is 0 Å². The highest BCUT2D eigenvalue weighted by atomic mass is 32.1. The van der Waals surface area contributed by atoms with Crippen LogP contribution in [0.3, 0.4) is 0 Å². The van der Waals surface area contributed by atoms with Crippen molar-refractivity contribution in [3.63, 3.8) is 0 Å².